The molecule has 1 amide bonds. The van der Waals surface area contributed by atoms with Crippen molar-refractivity contribution in [2.24, 2.45) is 0 Å². The predicted molar refractivity (Wildman–Crippen MR) is 94.3 cm³/mol. The number of benzene rings is 1. The number of aryl methyl sites for hydroxylation is 1. The molecule has 0 bridgehead atoms. The lowest BCUT2D eigenvalue weighted by atomic mass is 10.0. The van der Waals surface area contributed by atoms with E-state index < -0.39 is 5.97 Å². The Hall–Kier alpha value is -2.21. The number of ether oxygens (including phenoxy) is 1. The molecule has 2 rings (SSSR count). The van der Waals surface area contributed by atoms with Gasteiger partial charge in [0.1, 0.15) is 5.01 Å². The molecule has 2 aromatic rings. The molecule has 6 heteroatoms. The first-order valence-corrected chi connectivity index (χ1v) is 8.51. The number of carbonyl (C=O) groups excluding carboxylic acids is 2. The number of amides is 1. The minimum absolute atomic E-state index is 0.0580. The van der Waals surface area contributed by atoms with Crippen molar-refractivity contribution in [3.63, 3.8) is 0 Å². The molecule has 0 spiro atoms. The summed E-state index contributed by atoms with van der Waals surface area (Å²) < 4.78 is 4.67. The van der Waals surface area contributed by atoms with Gasteiger partial charge in [-0.3, -0.25) is 4.79 Å². The summed E-state index contributed by atoms with van der Waals surface area (Å²) in [6.07, 6.45) is 0. The standard InChI is InChI=1S/C18H22N2O3S/c1-12-6-8-13(9-7-12)16(21)20(18(2,3)4)10-15-19-14(11-24-15)17(22)23-5/h6-9,11H,10H2,1-5H3. The van der Waals surface area contributed by atoms with E-state index >= 15 is 0 Å². The zero-order valence-corrected chi connectivity index (χ0v) is 15.4. The number of hydrogen-bond donors (Lipinski definition) is 0. The number of thiazole rings is 1. The highest BCUT2D eigenvalue weighted by Gasteiger charge is 2.28. The van der Waals surface area contributed by atoms with Crippen molar-refractivity contribution in [1.29, 1.82) is 0 Å². The van der Waals surface area contributed by atoms with Gasteiger partial charge in [0, 0.05) is 16.5 Å². The third-order valence-electron chi connectivity index (χ3n) is 3.59. The highest BCUT2D eigenvalue weighted by molar-refractivity contribution is 7.09. The van der Waals surface area contributed by atoms with Crippen molar-refractivity contribution >= 4 is 23.2 Å². The molecule has 128 valence electrons. The molecule has 0 fully saturated rings. The topological polar surface area (TPSA) is 59.5 Å². The molecular weight excluding hydrogens is 324 g/mol. The van der Waals surface area contributed by atoms with Crippen LogP contribution in [0.5, 0.6) is 0 Å². The summed E-state index contributed by atoms with van der Waals surface area (Å²) in [7, 11) is 1.32. The Morgan fingerprint density at radius 1 is 1.21 bits per heavy atom. The molecule has 0 saturated heterocycles. The molecule has 0 unspecified atom stereocenters. The Morgan fingerprint density at radius 2 is 1.83 bits per heavy atom. The number of hydrogen-bond acceptors (Lipinski definition) is 5. The highest BCUT2D eigenvalue weighted by Crippen LogP contribution is 2.23. The van der Waals surface area contributed by atoms with Crippen LogP contribution in [0.3, 0.4) is 0 Å². The first-order chi connectivity index (χ1) is 11.2. The smallest absolute Gasteiger partial charge is 0.357 e. The first-order valence-electron chi connectivity index (χ1n) is 7.63. The van der Waals surface area contributed by atoms with Gasteiger partial charge >= 0.3 is 5.97 Å². The van der Waals surface area contributed by atoms with E-state index in [0.717, 1.165) is 5.56 Å². The van der Waals surface area contributed by atoms with Crippen LogP contribution in [-0.2, 0) is 11.3 Å². The maximum absolute atomic E-state index is 12.9. The number of esters is 1. The number of rotatable bonds is 4. The van der Waals surface area contributed by atoms with Gasteiger partial charge in [-0.15, -0.1) is 11.3 Å². The van der Waals surface area contributed by atoms with E-state index in [2.05, 4.69) is 9.72 Å². The van der Waals surface area contributed by atoms with E-state index in [-0.39, 0.29) is 17.1 Å². The van der Waals surface area contributed by atoms with Crippen molar-refractivity contribution in [3.8, 4) is 0 Å². The lowest BCUT2D eigenvalue weighted by molar-refractivity contribution is 0.0558. The summed E-state index contributed by atoms with van der Waals surface area (Å²) in [5.74, 6) is -0.526. The van der Waals surface area contributed by atoms with E-state index in [1.54, 1.807) is 10.3 Å². The minimum atomic E-state index is -0.468. The normalized spacial score (nSPS) is 11.2. The molecule has 5 nitrogen and oxygen atoms in total. The van der Waals surface area contributed by atoms with E-state index in [0.29, 0.717) is 17.1 Å². The van der Waals surface area contributed by atoms with Crippen LogP contribution in [0.4, 0.5) is 0 Å². The van der Waals surface area contributed by atoms with Crippen LogP contribution in [0.1, 0.15) is 52.2 Å². The van der Waals surface area contributed by atoms with Crippen LogP contribution in [-0.4, -0.2) is 34.4 Å². The second-order valence-corrected chi connectivity index (χ2v) is 7.49. The summed E-state index contributed by atoms with van der Waals surface area (Å²) in [5.41, 5.74) is 1.64. The number of aromatic nitrogens is 1. The Kier molecular flexibility index (Phi) is 5.39. The fraction of sp³-hybridized carbons (Fsp3) is 0.389. The van der Waals surface area contributed by atoms with Crippen LogP contribution >= 0.6 is 11.3 Å². The number of methoxy groups -OCH3 is 1. The first kappa shape index (κ1) is 18.1. The maximum atomic E-state index is 12.9. The third kappa shape index (κ3) is 4.20. The molecule has 0 saturated carbocycles. The Bertz CT molecular complexity index is 729. The molecule has 24 heavy (non-hydrogen) atoms. The van der Waals surface area contributed by atoms with Crippen LogP contribution in [0.2, 0.25) is 0 Å². The Morgan fingerprint density at radius 3 is 2.38 bits per heavy atom. The van der Waals surface area contributed by atoms with Gasteiger partial charge in [0.25, 0.3) is 5.91 Å². The Labute approximate surface area is 146 Å². The van der Waals surface area contributed by atoms with Gasteiger partial charge in [0.05, 0.1) is 13.7 Å². The maximum Gasteiger partial charge on any atom is 0.357 e. The zero-order valence-electron chi connectivity index (χ0n) is 14.6. The average molecular weight is 346 g/mol. The van der Waals surface area contributed by atoms with E-state index in [1.807, 2.05) is 52.0 Å². The van der Waals surface area contributed by atoms with Crippen molar-refractivity contribution in [2.45, 2.75) is 39.8 Å². The molecular formula is C18H22N2O3S. The summed E-state index contributed by atoms with van der Waals surface area (Å²) in [4.78, 5) is 30.5. The van der Waals surface area contributed by atoms with Crippen LogP contribution < -0.4 is 0 Å². The van der Waals surface area contributed by atoms with Crippen molar-refractivity contribution < 1.29 is 14.3 Å². The third-order valence-corrected chi connectivity index (χ3v) is 4.43. The molecule has 1 aromatic heterocycles. The SMILES string of the molecule is COC(=O)c1csc(CN(C(=O)c2ccc(C)cc2)C(C)(C)C)n1. The summed E-state index contributed by atoms with van der Waals surface area (Å²) >= 11 is 1.35. The number of carbonyl (C=O) groups is 2. The lowest BCUT2D eigenvalue weighted by Gasteiger charge is -2.35. The van der Waals surface area contributed by atoms with Crippen molar-refractivity contribution in [1.82, 2.24) is 9.88 Å². The van der Waals surface area contributed by atoms with Gasteiger partial charge in [-0.05, 0) is 39.8 Å². The van der Waals surface area contributed by atoms with Crippen LogP contribution in [0, 0.1) is 6.92 Å². The minimum Gasteiger partial charge on any atom is -0.464 e. The quantitative estimate of drug-likeness (QED) is 0.793. The molecule has 0 aliphatic carbocycles. The summed E-state index contributed by atoms with van der Waals surface area (Å²) in [6, 6.07) is 7.51. The average Bonchev–Trinajstić information content (AvgIpc) is 2.99. The second-order valence-electron chi connectivity index (χ2n) is 6.55. The van der Waals surface area contributed by atoms with Gasteiger partial charge in [-0.25, -0.2) is 9.78 Å². The molecule has 0 aliphatic rings. The van der Waals surface area contributed by atoms with Gasteiger partial charge in [-0.2, -0.15) is 0 Å². The van der Waals surface area contributed by atoms with E-state index in [4.69, 9.17) is 0 Å². The Balaban J connectivity index is 2.26. The van der Waals surface area contributed by atoms with Gasteiger partial charge in [-0.1, -0.05) is 17.7 Å². The summed E-state index contributed by atoms with van der Waals surface area (Å²) in [5, 5.41) is 2.35. The van der Waals surface area contributed by atoms with Gasteiger partial charge in [0.15, 0.2) is 5.69 Å². The molecule has 0 atom stereocenters. The lowest BCUT2D eigenvalue weighted by Crippen LogP contribution is -2.45. The van der Waals surface area contributed by atoms with Crippen LogP contribution in [0.15, 0.2) is 29.6 Å². The predicted octanol–water partition coefficient (Wildman–Crippen LogP) is 3.68. The van der Waals surface area contributed by atoms with E-state index in [1.165, 1.54) is 18.4 Å². The molecule has 0 radical (unpaired) electrons. The zero-order chi connectivity index (χ0) is 17.9. The van der Waals surface area contributed by atoms with Crippen molar-refractivity contribution in [3.05, 3.63) is 51.5 Å². The molecule has 1 heterocycles. The molecule has 0 N–H and O–H groups in total. The van der Waals surface area contributed by atoms with Crippen molar-refractivity contribution in [2.75, 3.05) is 7.11 Å². The second kappa shape index (κ2) is 7.13. The van der Waals surface area contributed by atoms with Gasteiger partial charge < -0.3 is 9.64 Å². The molecule has 0 aliphatic heterocycles. The highest BCUT2D eigenvalue weighted by atomic mass is 32.1. The fourth-order valence-corrected chi connectivity index (χ4v) is 2.93. The monoisotopic (exact) mass is 346 g/mol. The largest absolute Gasteiger partial charge is 0.464 e. The van der Waals surface area contributed by atoms with Crippen LogP contribution in [0.25, 0.3) is 0 Å². The van der Waals surface area contributed by atoms with Gasteiger partial charge in [0.2, 0.25) is 0 Å². The molecule has 1 aromatic carbocycles. The number of nitrogens with zero attached hydrogens (tertiary/aromatic N) is 2. The summed E-state index contributed by atoms with van der Waals surface area (Å²) in [6.45, 7) is 8.27. The van der Waals surface area contributed by atoms with E-state index in [9.17, 15) is 9.59 Å². The fourth-order valence-electron chi connectivity index (χ4n) is 2.18.